The molecule has 0 aliphatic heterocycles. The fraction of sp³-hybridized carbons (Fsp3) is 0.364. The van der Waals surface area contributed by atoms with E-state index in [1.165, 1.54) is 10.9 Å². The smallest absolute Gasteiger partial charge is 0.325 e. The Labute approximate surface area is 119 Å². The minimum Gasteiger partial charge on any atom is -0.480 e. The van der Waals surface area contributed by atoms with Crippen LogP contribution in [0.25, 0.3) is 0 Å². The summed E-state index contributed by atoms with van der Waals surface area (Å²) in [4.78, 5) is 22.0. The number of carboxylic acids is 1. The molecule has 10 nitrogen and oxygen atoms in total. The quantitative estimate of drug-likeness (QED) is 0.663. The van der Waals surface area contributed by atoms with Crippen molar-refractivity contribution >= 4 is 12.0 Å². The molecule has 2 amide bonds. The molecule has 0 unspecified atom stereocenters. The molecule has 0 aromatic carbocycles. The first-order valence-electron chi connectivity index (χ1n) is 6.07. The van der Waals surface area contributed by atoms with Gasteiger partial charge in [0.15, 0.2) is 0 Å². The number of hydrogen-bond donors (Lipinski definition) is 3. The van der Waals surface area contributed by atoms with Crippen molar-refractivity contribution in [2.75, 3.05) is 0 Å². The molecule has 0 radical (unpaired) electrons. The van der Waals surface area contributed by atoms with Gasteiger partial charge in [0.1, 0.15) is 23.7 Å². The molecule has 0 aliphatic carbocycles. The largest absolute Gasteiger partial charge is 0.480 e. The minimum atomic E-state index is -1.01. The van der Waals surface area contributed by atoms with Gasteiger partial charge in [0.2, 0.25) is 0 Å². The summed E-state index contributed by atoms with van der Waals surface area (Å²) in [5, 5.41) is 24.9. The van der Waals surface area contributed by atoms with E-state index in [2.05, 4.69) is 26.1 Å². The van der Waals surface area contributed by atoms with Crippen LogP contribution in [-0.2, 0) is 24.4 Å². The van der Waals surface area contributed by atoms with Crippen LogP contribution in [0.5, 0.6) is 0 Å². The highest BCUT2D eigenvalue weighted by Gasteiger charge is 2.07. The lowest BCUT2D eigenvalue weighted by Gasteiger charge is -2.03. The van der Waals surface area contributed by atoms with E-state index in [9.17, 15) is 9.59 Å². The van der Waals surface area contributed by atoms with E-state index in [0.29, 0.717) is 17.1 Å². The lowest BCUT2D eigenvalue weighted by Crippen LogP contribution is -2.34. The second kappa shape index (κ2) is 6.50. The number of carbonyl (C=O) groups is 2. The summed E-state index contributed by atoms with van der Waals surface area (Å²) >= 11 is 0. The molecule has 21 heavy (non-hydrogen) atoms. The number of amides is 2. The van der Waals surface area contributed by atoms with E-state index in [0.717, 1.165) is 0 Å². The zero-order valence-corrected chi connectivity index (χ0v) is 11.2. The second-order valence-electron chi connectivity index (χ2n) is 4.27. The molecule has 0 atom stereocenters. The fourth-order valence-electron chi connectivity index (χ4n) is 1.54. The van der Waals surface area contributed by atoms with Crippen LogP contribution < -0.4 is 10.6 Å². The van der Waals surface area contributed by atoms with Crippen LogP contribution in [0.15, 0.2) is 16.8 Å². The third-order valence-electron chi connectivity index (χ3n) is 2.42. The lowest BCUT2D eigenvalue weighted by molar-refractivity contribution is -0.137. The summed E-state index contributed by atoms with van der Waals surface area (Å²) in [6.07, 6.45) is 1.45. The monoisotopic (exact) mass is 294 g/mol. The van der Waals surface area contributed by atoms with Gasteiger partial charge in [-0.15, -0.1) is 5.10 Å². The van der Waals surface area contributed by atoms with Gasteiger partial charge >= 0.3 is 12.0 Å². The molecule has 0 saturated heterocycles. The average molecular weight is 294 g/mol. The van der Waals surface area contributed by atoms with Crippen LogP contribution in [-0.4, -0.2) is 37.3 Å². The van der Waals surface area contributed by atoms with Crippen molar-refractivity contribution in [3.05, 3.63) is 29.4 Å². The third kappa shape index (κ3) is 4.60. The number of carbonyl (C=O) groups excluding carboxylic acids is 1. The molecule has 2 aromatic heterocycles. The van der Waals surface area contributed by atoms with Crippen molar-refractivity contribution in [3.8, 4) is 0 Å². The molecule has 2 heterocycles. The first kappa shape index (κ1) is 14.5. The van der Waals surface area contributed by atoms with Crippen LogP contribution in [0, 0.1) is 6.92 Å². The van der Waals surface area contributed by atoms with E-state index in [1.54, 1.807) is 13.0 Å². The van der Waals surface area contributed by atoms with Crippen molar-refractivity contribution in [2.24, 2.45) is 0 Å². The van der Waals surface area contributed by atoms with Crippen LogP contribution in [0.3, 0.4) is 0 Å². The highest BCUT2D eigenvalue weighted by atomic mass is 16.5. The maximum absolute atomic E-state index is 11.6. The van der Waals surface area contributed by atoms with Crippen LogP contribution in [0.1, 0.15) is 17.1 Å². The number of aliphatic carboxylic acids is 1. The van der Waals surface area contributed by atoms with Crippen molar-refractivity contribution < 1.29 is 19.2 Å². The van der Waals surface area contributed by atoms with Gasteiger partial charge < -0.3 is 20.3 Å². The number of rotatable bonds is 6. The molecule has 0 bridgehead atoms. The normalized spacial score (nSPS) is 10.3. The van der Waals surface area contributed by atoms with Crippen molar-refractivity contribution in [2.45, 2.75) is 26.6 Å². The standard InChI is InChI=1S/C11H14N6O4/c1-7-2-8(15-21-7)3-12-11(20)13-4-9-5-17(16-14-9)6-10(18)19/h2,5H,3-4,6H2,1H3,(H,18,19)(H2,12,13,20). The van der Waals surface area contributed by atoms with Gasteiger partial charge in [-0.25, -0.2) is 9.48 Å². The summed E-state index contributed by atoms with van der Waals surface area (Å²) in [5.74, 6) is -0.345. The Hall–Kier alpha value is -2.91. The first-order valence-corrected chi connectivity index (χ1v) is 6.07. The Balaban J connectivity index is 1.73. The Morgan fingerprint density at radius 2 is 2.05 bits per heavy atom. The van der Waals surface area contributed by atoms with E-state index in [-0.39, 0.29) is 19.6 Å². The predicted octanol–water partition coefficient (Wildman–Crippen LogP) is -0.341. The van der Waals surface area contributed by atoms with Gasteiger partial charge in [0, 0.05) is 6.07 Å². The highest BCUT2D eigenvalue weighted by molar-refractivity contribution is 5.73. The first-order chi connectivity index (χ1) is 10.0. The van der Waals surface area contributed by atoms with E-state index < -0.39 is 12.0 Å². The average Bonchev–Trinajstić information content (AvgIpc) is 3.02. The van der Waals surface area contributed by atoms with E-state index in [1.807, 2.05) is 0 Å². The Bertz CT molecular complexity index is 634. The summed E-state index contributed by atoms with van der Waals surface area (Å²) in [6.45, 7) is 1.87. The summed E-state index contributed by atoms with van der Waals surface area (Å²) in [7, 11) is 0. The van der Waals surface area contributed by atoms with Crippen LogP contribution >= 0.6 is 0 Å². The summed E-state index contributed by atoms with van der Waals surface area (Å²) in [5.41, 5.74) is 1.08. The molecule has 0 saturated carbocycles. The molecular weight excluding hydrogens is 280 g/mol. The van der Waals surface area contributed by atoms with Crippen molar-refractivity contribution in [1.82, 2.24) is 30.8 Å². The number of hydrogen-bond acceptors (Lipinski definition) is 6. The Morgan fingerprint density at radius 1 is 1.33 bits per heavy atom. The zero-order chi connectivity index (χ0) is 15.2. The lowest BCUT2D eigenvalue weighted by atomic mass is 10.4. The Morgan fingerprint density at radius 3 is 2.67 bits per heavy atom. The minimum absolute atomic E-state index is 0.142. The van der Waals surface area contributed by atoms with Gasteiger partial charge in [0.05, 0.1) is 19.3 Å². The predicted molar refractivity (Wildman–Crippen MR) is 68.0 cm³/mol. The zero-order valence-electron chi connectivity index (χ0n) is 11.2. The molecule has 3 N–H and O–H groups in total. The number of urea groups is 1. The number of nitrogens with one attached hydrogen (secondary N) is 2. The van der Waals surface area contributed by atoms with Crippen LogP contribution in [0.2, 0.25) is 0 Å². The van der Waals surface area contributed by atoms with Crippen molar-refractivity contribution in [1.29, 1.82) is 0 Å². The molecule has 112 valence electrons. The molecule has 10 heteroatoms. The molecular formula is C11H14N6O4. The molecule has 2 aromatic rings. The van der Waals surface area contributed by atoms with Crippen molar-refractivity contribution in [3.63, 3.8) is 0 Å². The number of carboxylic acid groups (broad SMARTS) is 1. The topological polar surface area (TPSA) is 135 Å². The second-order valence-corrected chi connectivity index (χ2v) is 4.27. The molecule has 0 spiro atoms. The number of aryl methyl sites for hydroxylation is 1. The number of aromatic nitrogens is 4. The van der Waals surface area contributed by atoms with Crippen LogP contribution in [0.4, 0.5) is 4.79 Å². The van der Waals surface area contributed by atoms with Gasteiger partial charge in [0.25, 0.3) is 0 Å². The third-order valence-corrected chi connectivity index (χ3v) is 2.42. The fourth-order valence-corrected chi connectivity index (χ4v) is 1.54. The highest BCUT2D eigenvalue weighted by Crippen LogP contribution is 2.00. The maximum atomic E-state index is 11.6. The summed E-state index contributed by atoms with van der Waals surface area (Å²) in [6, 6.07) is 1.32. The Kier molecular flexibility index (Phi) is 4.49. The maximum Gasteiger partial charge on any atom is 0.325 e. The SMILES string of the molecule is Cc1cc(CNC(=O)NCc2cn(CC(=O)O)nn2)no1. The van der Waals surface area contributed by atoms with E-state index >= 15 is 0 Å². The van der Waals surface area contributed by atoms with Gasteiger partial charge in [-0.1, -0.05) is 10.4 Å². The van der Waals surface area contributed by atoms with E-state index in [4.69, 9.17) is 9.63 Å². The van der Waals surface area contributed by atoms with Gasteiger partial charge in [-0.2, -0.15) is 0 Å². The summed E-state index contributed by atoms with van der Waals surface area (Å²) < 4.78 is 6.05. The molecule has 0 fully saturated rings. The molecule has 2 rings (SSSR count). The number of nitrogens with zero attached hydrogens (tertiary/aromatic N) is 4. The molecule has 0 aliphatic rings. The van der Waals surface area contributed by atoms with Gasteiger partial charge in [-0.05, 0) is 6.92 Å². The van der Waals surface area contributed by atoms with Gasteiger partial charge in [-0.3, -0.25) is 4.79 Å².